The van der Waals surface area contributed by atoms with Gasteiger partial charge in [0.25, 0.3) is 0 Å². The number of anilines is 2. The Morgan fingerprint density at radius 2 is 2.05 bits per heavy atom. The summed E-state index contributed by atoms with van der Waals surface area (Å²) in [5.74, 6) is 0. The Morgan fingerprint density at radius 1 is 1.38 bits per heavy atom. The quantitative estimate of drug-likeness (QED) is 0.871. The van der Waals surface area contributed by atoms with E-state index in [9.17, 15) is 21.6 Å². The van der Waals surface area contributed by atoms with Crippen molar-refractivity contribution in [1.82, 2.24) is 0 Å². The van der Waals surface area contributed by atoms with Crippen molar-refractivity contribution in [3.63, 3.8) is 0 Å². The summed E-state index contributed by atoms with van der Waals surface area (Å²) in [5.41, 5.74) is -3.94. The van der Waals surface area contributed by atoms with Crippen molar-refractivity contribution in [2.75, 3.05) is 23.2 Å². The molecule has 116 valence electrons. The van der Waals surface area contributed by atoms with E-state index >= 15 is 0 Å². The summed E-state index contributed by atoms with van der Waals surface area (Å²) in [7, 11) is -3.69. The summed E-state index contributed by atoms with van der Waals surface area (Å²) in [5, 5.41) is 0. The maximum Gasteiger partial charge on any atom is 0.516 e. The number of nitrogens with zero attached hydrogens (tertiary/aromatic N) is 2. The summed E-state index contributed by atoms with van der Waals surface area (Å²) in [6, 6.07) is 2.92. The van der Waals surface area contributed by atoms with E-state index in [0.717, 1.165) is 24.9 Å². The van der Waals surface area contributed by atoms with Gasteiger partial charge in [0.2, 0.25) is 0 Å². The topological polar surface area (TPSA) is 61.8 Å². The molecule has 0 radical (unpaired) electrons. The molecule has 2 rings (SSSR count). The standard InChI is InChI=1S/C12H14F3N3O2S/c1-16-9-6-8-4-3-5-18(2)11(8)7-10(9)17-21(19,20)12(13,14)15/h6-7,17H,1,3-5H2,2H3. The minimum Gasteiger partial charge on any atom is -0.374 e. The Labute approximate surface area is 120 Å². The molecule has 0 saturated carbocycles. The van der Waals surface area contributed by atoms with E-state index in [4.69, 9.17) is 0 Å². The number of alkyl halides is 3. The van der Waals surface area contributed by atoms with Gasteiger partial charge < -0.3 is 4.90 Å². The molecule has 1 aliphatic heterocycles. The summed E-state index contributed by atoms with van der Waals surface area (Å²) in [6.45, 7) is 4.02. The largest absolute Gasteiger partial charge is 0.516 e. The minimum atomic E-state index is -5.48. The van der Waals surface area contributed by atoms with E-state index in [1.807, 2.05) is 4.90 Å². The SMILES string of the molecule is C=Nc1cc2c(cc1NS(=O)(=O)C(F)(F)F)N(C)CCC2. The third-order valence-electron chi connectivity index (χ3n) is 3.27. The fourth-order valence-corrected chi connectivity index (χ4v) is 2.79. The average molecular weight is 321 g/mol. The molecule has 5 nitrogen and oxygen atoms in total. The molecule has 0 bridgehead atoms. The molecule has 9 heteroatoms. The highest BCUT2D eigenvalue weighted by molar-refractivity contribution is 7.93. The van der Waals surface area contributed by atoms with Crippen LogP contribution in [0.25, 0.3) is 0 Å². The fourth-order valence-electron chi connectivity index (χ4n) is 2.22. The molecule has 1 aromatic rings. The van der Waals surface area contributed by atoms with Crippen molar-refractivity contribution in [3.8, 4) is 0 Å². The molecule has 0 fully saturated rings. The second kappa shape index (κ2) is 5.21. The van der Waals surface area contributed by atoms with E-state index in [2.05, 4.69) is 11.7 Å². The van der Waals surface area contributed by atoms with Gasteiger partial charge in [0.1, 0.15) is 0 Å². The third kappa shape index (κ3) is 2.97. The number of halogens is 3. The van der Waals surface area contributed by atoms with Gasteiger partial charge in [0.15, 0.2) is 0 Å². The number of aliphatic imine (C=N–C) groups is 1. The molecule has 1 aliphatic rings. The van der Waals surface area contributed by atoms with Gasteiger partial charge >= 0.3 is 15.5 Å². The van der Waals surface area contributed by atoms with Gasteiger partial charge in [-0.3, -0.25) is 9.71 Å². The highest BCUT2D eigenvalue weighted by Gasteiger charge is 2.46. The lowest BCUT2D eigenvalue weighted by Crippen LogP contribution is -2.30. The third-order valence-corrected chi connectivity index (χ3v) is 4.37. The molecule has 1 N–H and O–H groups in total. The lowest BCUT2D eigenvalue weighted by atomic mass is 10.0. The van der Waals surface area contributed by atoms with Crippen molar-refractivity contribution in [2.24, 2.45) is 4.99 Å². The number of aryl methyl sites for hydroxylation is 1. The van der Waals surface area contributed by atoms with Gasteiger partial charge in [-0.05, 0) is 37.3 Å². The first kappa shape index (κ1) is 15.6. The highest BCUT2D eigenvalue weighted by Crippen LogP contribution is 2.38. The molecule has 0 aliphatic carbocycles. The number of nitrogens with one attached hydrogen (secondary N) is 1. The monoisotopic (exact) mass is 321 g/mol. The van der Waals surface area contributed by atoms with Crippen molar-refractivity contribution in [1.29, 1.82) is 0 Å². The van der Waals surface area contributed by atoms with Crippen LogP contribution in [-0.2, 0) is 16.4 Å². The van der Waals surface area contributed by atoms with Gasteiger partial charge in [-0.15, -0.1) is 0 Å². The maximum absolute atomic E-state index is 12.5. The average Bonchev–Trinajstić information content (AvgIpc) is 2.37. The number of rotatable bonds is 3. The Morgan fingerprint density at radius 3 is 2.62 bits per heavy atom. The van der Waals surface area contributed by atoms with Crippen LogP contribution >= 0.6 is 0 Å². The van der Waals surface area contributed by atoms with E-state index in [1.54, 1.807) is 13.1 Å². The number of hydrogen-bond donors (Lipinski definition) is 1. The highest BCUT2D eigenvalue weighted by atomic mass is 32.2. The van der Waals surface area contributed by atoms with Crippen molar-refractivity contribution in [3.05, 3.63) is 17.7 Å². The molecule has 0 atom stereocenters. The molecule has 0 aromatic heterocycles. The summed E-state index contributed by atoms with van der Waals surface area (Å²) >= 11 is 0. The second-order valence-corrected chi connectivity index (χ2v) is 6.41. The number of hydrogen-bond acceptors (Lipinski definition) is 4. The Balaban J connectivity index is 2.49. The molecule has 1 aromatic carbocycles. The Bertz CT molecular complexity index is 671. The van der Waals surface area contributed by atoms with E-state index < -0.39 is 15.5 Å². The molecular weight excluding hydrogens is 307 g/mol. The predicted molar refractivity (Wildman–Crippen MR) is 75.8 cm³/mol. The summed E-state index contributed by atoms with van der Waals surface area (Å²) in [4.78, 5) is 5.47. The Kier molecular flexibility index (Phi) is 3.87. The lowest BCUT2D eigenvalue weighted by Gasteiger charge is -2.28. The van der Waals surface area contributed by atoms with Crippen molar-refractivity contribution >= 4 is 33.8 Å². The van der Waals surface area contributed by atoms with Gasteiger partial charge in [-0.1, -0.05) is 0 Å². The van der Waals surface area contributed by atoms with Crippen LogP contribution in [0.3, 0.4) is 0 Å². The molecule has 0 saturated heterocycles. The lowest BCUT2D eigenvalue weighted by molar-refractivity contribution is -0.0429. The number of benzene rings is 1. The molecule has 21 heavy (non-hydrogen) atoms. The normalized spacial score (nSPS) is 15.5. The van der Waals surface area contributed by atoms with Crippen LogP contribution in [0.4, 0.5) is 30.2 Å². The molecule has 0 unspecified atom stereocenters. The van der Waals surface area contributed by atoms with Crippen molar-refractivity contribution in [2.45, 2.75) is 18.3 Å². The first-order valence-corrected chi connectivity index (χ1v) is 7.58. The second-order valence-electron chi connectivity index (χ2n) is 4.73. The smallest absolute Gasteiger partial charge is 0.374 e. The van der Waals surface area contributed by atoms with Gasteiger partial charge in [0.05, 0.1) is 11.4 Å². The van der Waals surface area contributed by atoms with Gasteiger partial charge in [-0.25, -0.2) is 0 Å². The summed E-state index contributed by atoms with van der Waals surface area (Å²) in [6.07, 6.45) is 1.67. The minimum absolute atomic E-state index is 0.0804. The Hall–Kier alpha value is -1.77. The fraction of sp³-hybridized carbons (Fsp3) is 0.417. The van der Waals surface area contributed by atoms with E-state index in [-0.39, 0.29) is 11.4 Å². The van der Waals surface area contributed by atoms with E-state index in [1.165, 1.54) is 10.8 Å². The zero-order chi connectivity index (χ0) is 15.8. The number of sulfonamides is 1. The van der Waals surface area contributed by atoms with Crippen LogP contribution in [-0.4, -0.2) is 34.2 Å². The van der Waals surface area contributed by atoms with E-state index in [0.29, 0.717) is 5.69 Å². The van der Waals surface area contributed by atoms with Crippen LogP contribution < -0.4 is 9.62 Å². The van der Waals surface area contributed by atoms with Crippen LogP contribution in [0, 0.1) is 0 Å². The number of fused-ring (bicyclic) bond motifs is 1. The maximum atomic E-state index is 12.5. The first-order valence-electron chi connectivity index (χ1n) is 6.09. The summed E-state index contributed by atoms with van der Waals surface area (Å²) < 4.78 is 61.4. The van der Waals surface area contributed by atoms with Crippen LogP contribution in [0.2, 0.25) is 0 Å². The first-order chi connectivity index (χ1) is 9.65. The zero-order valence-electron chi connectivity index (χ0n) is 11.2. The zero-order valence-corrected chi connectivity index (χ0v) is 12.1. The van der Waals surface area contributed by atoms with Crippen LogP contribution in [0.5, 0.6) is 0 Å². The molecule has 0 spiro atoms. The van der Waals surface area contributed by atoms with Crippen LogP contribution in [0.1, 0.15) is 12.0 Å². The van der Waals surface area contributed by atoms with Crippen molar-refractivity contribution < 1.29 is 21.6 Å². The van der Waals surface area contributed by atoms with Gasteiger partial charge in [-0.2, -0.15) is 21.6 Å². The van der Waals surface area contributed by atoms with Crippen LogP contribution in [0.15, 0.2) is 17.1 Å². The molecule has 0 amide bonds. The van der Waals surface area contributed by atoms with Gasteiger partial charge in [0, 0.05) is 19.3 Å². The molecular formula is C12H14F3N3O2S. The molecule has 1 heterocycles. The predicted octanol–water partition coefficient (Wildman–Crippen LogP) is 2.66.